The van der Waals surface area contributed by atoms with Gasteiger partial charge in [0.2, 0.25) is 5.91 Å². The van der Waals surface area contributed by atoms with E-state index in [1.165, 1.54) is 17.4 Å². The van der Waals surface area contributed by atoms with Crippen molar-refractivity contribution in [3.63, 3.8) is 0 Å². The van der Waals surface area contributed by atoms with E-state index < -0.39 is 0 Å². The van der Waals surface area contributed by atoms with Crippen molar-refractivity contribution in [2.24, 2.45) is 0 Å². The average Bonchev–Trinajstić information content (AvgIpc) is 3.06. The normalized spacial score (nSPS) is 11.1. The van der Waals surface area contributed by atoms with E-state index in [4.69, 9.17) is 46.4 Å². The molecule has 0 aliphatic heterocycles. The third-order valence-electron chi connectivity index (χ3n) is 3.53. The van der Waals surface area contributed by atoms with Gasteiger partial charge in [0.05, 0.1) is 0 Å². The molecule has 3 nitrogen and oxygen atoms in total. The zero-order valence-electron chi connectivity index (χ0n) is 13.7. The highest BCUT2D eigenvalue weighted by atomic mass is 35.5. The van der Waals surface area contributed by atoms with E-state index in [0.717, 1.165) is 10.4 Å². The molecule has 0 atom stereocenters. The molecule has 138 valence electrons. The highest BCUT2D eigenvalue weighted by Crippen LogP contribution is 2.27. The SMILES string of the molecule is O=C(/C=C\c1cc(Cl)ccc1Cl)Nc1ncc(Cc2cc(Cl)ccc2Cl)s1. The number of nitrogens with zero attached hydrogens (tertiary/aromatic N) is 1. The van der Waals surface area contributed by atoms with Gasteiger partial charge < -0.3 is 0 Å². The van der Waals surface area contributed by atoms with E-state index in [1.54, 1.807) is 42.6 Å². The Balaban J connectivity index is 1.65. The Morgan fingerprint density at radius 1 is 1.04 bits per heavy atom. The number of carbonyl (C=O) groups is 1. The molecule has 8 heteroatoms. The van der Waals surface area contributed by atoms with Gasteiger partial charge in [-0.2, -0.15) is 0 Å². The lowest BCUT2D eigenvalue weighted by Crippen LogP contribution is -2.07. The Hall–Kier alpha value is -1.56. The fourth-order valence-electron chi connectivity index (χ4n) is 2.27. The van der Waals surface area contributed by atoms with Gasteiger partial charge in [-0.15, -0.1) is 11.3 Å². The lowest BCUT2D eigenvalue weighted by atomic mass is 10.1. The van der Waals surface area contributed by atoms with E-state index >= 15 is 0 Å². The topological polar surface area (TPSA) is 42.0 Å². The maximum atomic E-state index is 12.1. The molecule has 0 aliphatic carbocycles. The van der Waals surface area contributed by atoms with Crippen molar-refractivity contribution >= 4 is 74.9 Å². The van der Waals surface area contributed by atoms with E-state index in [1.807, 2.05) is 6.07 Å². The number of anilines is 1. The van der Waals surface area contributed by atoms with Gasteiger partial charge in [0, 0.05) is 43.7 Å². The van der Waals surface area contributed by atoms with Crippen LogP contribution in [0.25, 0.3) is 6.08 Å². The molecule has 0 saturated carbocycles. The number of amides is 1. The van der Waals surface area contributed by atoms with E-state index in [0.29, 0.717) is 37.2 Å². The van der Waals surface area contributed by atoms with Crippen LogP contribution in [0.2, 0.25) is 20.1 Å². The van der Waals surface area contributed by atoms with Crippen molar-refractivity contribution < 1.29 is 4.79 Å². The molecule has 3 aromatic rings. The van der Waals surface area contributed by atoms with Crippen LogP contribution in [0.15, 0.2) is 48.7 Å². The standard InChI is InChI=1S/C19H12Cl4N2OS/c20-13-2-4-16(22)11(7-13)1-6-18(26)25-19-24-10-15(27-19)9-12-8-14(21)3-5-17(12)23/h1-8,10H,9H2,(H,24,25,26)/b6-1-. The summed E-state index contributed by atoms with van der Waals surface area (Å²) in [5.74, 6) is -0.312. The second kappa shape index (κ2) is 9.09. The van der Waals surface area contributed by atoms with Gasteiger partial charge in [0.1, 0.15) is 0 Å². The predicted octanol–water partition coefficient (Wildman–Crippen LogP) is 7.00. The maximum Gasteiger partial charge on any atom is 0.250 e. The number of rotatable bonds is 5. The second-order valence-electron chi connectivity index (χ2n) is 5.53. The second-order valence-corrected chi connectivity index (χ2v) is 8.34. The van der Waals surface area contributed by atoms with Crippen LogP contribution in [0, 0.1) is 0 Å². The summed E-state index contributed by atoms with van der Waals surface area (Å²) in [5.41, 5.74) is 1.57. The molecule has 0 unspecified atom stereocenters. The number of aromatic nitrogens is 1. The van der Waals surface area contributed by atoms with Crippen LogP contribution in [0.5, 0.6) is 0 Å². The monoisotopic (exact) mass is 456 g/mol. The van der Waals surface area contributed by atoms with Gasteiger partial charge >= 0.3 is 0 Å². The molecule has 1 amide bonds. The quantitative estimate of drug-likeness (QED) is 0.419. The molecule has 0 spiro atoms. The minimum Gasteiger partial charge on any atom is -0.298 e. The first-order chi connectivity index (χ1) is 12.9. The molecule has 2 aromatic carbocycles. The Morgan fingerprint density at radius 2 is 1.74 bits per heavy atom. The average molecular weight is 458 g/mol. The maximum absolute atomic E-state index is 12.1. The van der Waals surface area contributed by atoms with Crippen molar-refractivity contribution in [2.75, 3.05) is 5.32 Å². The number of hydrogen-bond acceptors (Lipinski definition) is 3. The van der Waals surface area contributed by atoms with E-state index in [2.05, 4.69) is 10.3 Å². The molecule has 0 bridgehead atoms. The molecule has 1 aromatic heterocycles. The first kappa shape index (κ1) is 20.2. The summed E-state index contributed by atoms with van der Waals surface area (Å²) < 4.78 is 0. The van der Waals surface area contributed by atoms with Crippen LogP contribution in [-0.4, -0.2) is 10.9 Å². The molecule has 27 heavy (non-hydrogen) atoms. The number of halogens is 4. The van der Waals surface area contributed by atoms with Gasteiger partial charge in [0.25, 0.3) is 0 Å². The summed E-state index contributed by atoms with van der Waals surface area (Å²) in [4.78, 5) is 17.3. The summed E-state index contributed by atoms with van der Waals surface area (Å²) >= 11 is 25.6. The Labute approximate surface area is 180 Å². The van der Waals surface area contributed by atoms with E-state index in [9.17, 15) is 4.79 Å². The minimum absolute atomic E-state index is 0.312. The molecule has 3 rings (SSSR count). The van der Waals surface area contributed by atoms with Crippen LogP contribution < -0.4 is 5.32 Å². The molecule has 1 N–H and O–H groups in total. The largest absolute Gasteiger partial charge is 0.298 e. The van der Waals surface area contributed by atoms with Crippen molar-refractivity contribution in [1.82, 2.24) is 4.98 Å². The smallest absolute Gasteiger partial charge is 0.250 e. The lowest BCUT2D eigenvalue weighted by Gasteiger charge is -2.02. The summed E-state index contributed by atoms with van der Waals surface area (Å²) in [6.45, 7) is 0. The summed E-state index contributed by atoms with van der Waals surface area (Å²) in [5, 5.41) is 5.54. The Morgan fingerprint density at radius 3 is 2.52 bits per heavy atom. The zero-order chi connectivity index (χ0) is 19.4. The molecular formula is C19H12Cl4N2OS. The third-order valence-corrected chi connectivity index (χ3v) is 5.62. The highest BCUT2D eigenvalue weighted by Gasteiger charge is 2.08. The first-order valence-electron chi connectivity index (χ1n) is 7.73. The summed E-state index contributed by atoms with van der Waals surface area (Å²) in [7, 11) is 0. The van der Waals surface area contributed by atoms with Crippen molar-refractivity contribution in [1.29, 1.82) is 0 Å². The predicted molar refractivity (Wildman–Crippen MR) is 116 cm³/mol. The fraction of sp³-hybridized carbons (Fsp3) is 0.0526. The van der Waals surface area contributed by atoms with Crippen molar-refractivity contribution in [3.8, 4) is 0 Å². The van der Waals surface area contributed by atoms with Gasteiger partial charge in [-0.1, -0.05) is 46.4 Å². The van der Waals surface area contributed by atoms with Gasteiger partial charge in [-0.3, -0.25) is 10.1 Å². The number of hydrogen-bond donors (Lipinski definition) is 1. The minimum atomic E-state index is -0.312. The van der Waals surface area contributed by atoms with Gasteiger partial charge in [-0.25, -0.2) is 4.98 Å². The molecular weight excluding hydrogens is 446 g/mol. The molecule has 1 heterocycles. The van der Waals surface area contributed by atoms with Crippen molar-refractivity contribution in [2.45, 2.75) is 6.42 Å². The summed E-state index contributed by atoms with van der Waals surface area (Å²) in [6, 6.07) is 10.4. The van der Waals surface area contributed by atoms with Crippen LogP contribution >= 0.6 is 57.7 Å². The van der Waals surface area contributed by atoms with E-state index in [-0.39, 0.29) is 5.91 Å². The Bertz CT molecular complexity index is 1020. The molecule has 0 radical (unpaired) electrons. The van der Waals surface area contributed by atoms with Gasteiger partial charge in [-0.05, 0) is 53.6 Å². The summed E-state index contributed by atoms with van der Waals surface area (Å²) in [6.07, 6.45) is 5.27. The third kappa shape index (κ3) is 5.71. The van der Waals surface area contributed by atoms with Gasteiger partial charge in [0.15, 0.2) is 5.13 Å². The fourth-order valence-corrected chi connectivity index (χ4v) is 3.85. The molecule has 0 fully saturated rings. The van der Waals surface area contributed by atoms with Crippen LogP contribution in [0.4, 0.5) is 5.13 Å². The molecule has 0 aliphatic rings. The van der Waals surface area contributed by atoms with Crippen LogP contribution in [0.3, 0.4) is 0 Å². The van der Waals surface area contributed by atoms with Crippen molar-refractivity contribution in [3.05, 3.63) is 84.8 Å². The first-order valence-corrected chi connectivity index (χ1v) is 10.1. The number of benzene rings is 2. The lowest BCUT2D eigenvalue weighted by molar-refractivity contribution is -0.111. The number of carbonyl (C=O) groups excluding carboxylic acids is 1. The van der Waals surface area contributed by atoms with Crippen LogP contribution in [-0.2, 0) is 11.2 Å². The highest BCUT2D eigenvalue weighted by molar-refractivity contribution is 7.15. The number of thiazole rings is 1. The number of nitrogens with one attached hydrogen (secondary N) is 1. The van der Waals surface area contributed by atoms with Crippen LogP contribution in [0.1, 0.15) is 16.0 Å². The zero-order valence-corrected chi connectivity index (χ0v) is 17.5. The molecule has 0 saturated heterocycles. The Kier molecular flexibility index (Phi) is 6.79.